The Morgan fingerprint density at radius 3 is 2.90 bits per heavy atom. The minimum absolute atomic E-state index is 0.790. The van der Waals surface area contributed by atoms with Crippen molar-refractivity contribution in [2.75, 3.05) is 5.32 Å². The maximum Gasteiger partial charge on any atom is 0.0457 e. The Hall–Kier alpha value is -2.81. The molecule has 3 nitrogen and oxygen atoms in total. The molecule has 0 aliphatic carbocycles. The van der Waals surface area contributed by atoms with Crippen LogP contribution in [0, 0.1) is 0 Å². The van der Waals surface area contributed by atoms with E-state index in [-0.39, 0.29) is 0 Å². The average Bonchev–Trinajstić information content (AvgIpc) is 2.96. The van der Waals surface area contributed by atoms with Crippen molar-refractivity contribution in [3.63, 3.8) is 0 Å². The van der Waals surface area contributed by atoms with Crippen molar-refractivity contribution < 1.29 is 0 Å². The molecule has 0 aliphatic rings. The molecule has 0 atom stereocenters. The van der Waals surface area contributed by atoms with Gasteiger partial charge in [-0.05, 0) is 29.1 Å². The van der Waals surface area contributed by atoms with Crippen molar-refractivity contribution in [2.45, 2.75) is 6.54 Å². The number of fused-ring (bicyclic) bond motifs is 2. The highest BCUT2D eigenvalue weighted by Gasteiger charge is 2.04. The lowest BCUT2D eigenvalue weighted by Crippen LogP contribution is -1.99. The van der Waals surface area contributed by atoms with Crippen molar-refractivity contribution in [1.82, 2.24) is 9.97 Å². The van der Waals surface area contributed by atoms with Crippen LogP contribution in [0.1, 0.15) is 5.56 Å². The molecule has 4 aromatic rings. The van der Waals surface area contributed by atoms with Gasteiger partial charge in [0.1, 0.15) is 0 Å². The number of nitrogens with one attached hydrogen (secondary N) is 2. The molecule has 3 heteroatoms. The van der Waals surface area contributed by atoms with Gasteiger partial charge in [0.25, 0.3) is 0 Å². The molecule has 2 aromatic heterocycles. The first kappa shape index (κ1) is 12.0. The van der Waals surface area contributed by atoms with E-state index in [9.17, 15) is 0 Å². The van der Waals surface area contributed by atoms with Gasteiger partial charge in [0.05, 0.1) is 0 Å². The highest BCUT2D eigenvalue weighted by atomic mass is 14.9. The summed E-state index contributed by atoms with van der Waals surface area (Å²) in [5, 5.41) is 7.14. The molecule has 0 fully saturated rings. The lowest BCUT2D eigenvalue weighted by Gasteiger charge is -2.09. The number of pyridine rings is 1. The van der Waals surface area contributed by atoms with E-state index < -0.39 is 0 Å². The van der Waals surface area contributed by atoms with E-state index in [1.807, 2.05) is 24.5 Å². The first-order chi connectivity index (χ1) is 10.4. The molecule has 0 bridgehead atoms. The third-order valence-electron chi connectivity index (χ3n) is 3.83. The first-order valence-corrected chi connectivity index (χ1v) is 7.03. The largest absolute Gasteiger partial charge is 0.380 e. The Morgan fingerprint density at radius 2 is 1.90 bits per heavy atom. The standard InChI is InChI=1S/C18H15N3/c1-2-6-17-15(5-1)14(10-20-17)11-21-18-7-3-4-13-8-9-19-12-16(13)18/h1-10,12,20-21H,11H2. The second-order valence-electron chi connectivity index (χ2n) is 5.12. The van der Waals surface area contributed by atoms with Crippen LogP contribution >= 0.6 is 0 Å². The van der Waals surface area contributed by atoms with Crippen LogP contribution in [0.2, 0.25) is 0 Å². The topological polar surface area (TPSA) is 40.7 Å². The van der Waals surface area contributed by atoms with E-state index in [1.54, 1.807) is 0 Å². The molecule has 0 saturated carbocycles. The predicted octanol–water partition coefficient (Wildman–Crippen LogP) is 4.33. The third kappa shape index (κ3) is 2.13. The Morgan fingerprint density at radius 1 is 0.952 bits per heavy atom. The predicted molar refractivity (Wildman–Crippen MR) is 87.4 cm³/mol. The lowest BCUT2D eigenvalue weighted by molar-refractivity contribution is 1.17. The average molecular weight is 273 g/mol. The molecule has 0 saturated heterocycles. The quantitative estimate of drug-likeness (QED) is 0.583. The van der Waals surface area contributed by atoms with Gasteiger partial charge < -0.3 is 10.3 Å². The number of hydrogen-bond acceptors (Lipinski definition) is 2. The van der Waals surface area contributed by atoms with Gasteiger partial charge in [0.2, 0.25) is 0 Å². The normalized spacial score (nSPS) is 11.0. The molecule has 0 unspecified atom stereocenters. The summed E-state index contributed by atoms with van der Waals surface area (Å²) in [5.41, 5.74) is 3.56. The van der Waals surface area contributed by atoms with Gasteiger partial charge in [0.15, 0.2) is 0 Å². The molecule has 0 aliphatic heterocycles. The van der Waals surface area contributed by atoms with Gasteiger partial charge >= 0.3 is 0 Å². The summed E-state index contributed by atoms with van der Waals surface area (Å²) in [6, 6.07) is 16.7. The van der Waals surface area contributed by atoms with E-state index in [2.05, 4.69) is 57.9 Å². The number of anilines is 1. The Labute approximate surface area is 122 Å². The molecule has 2 aromatic carbocycles. The van der Waals surface area contributed by atoms with Crippen molar-refractivity contribution >= 4 is 27.4 Å². The summed E-state index contributed by atoms with van der Waals surface area (Å²) in [6.45, 7) is 0.790. The van der Waals surface area contributed by atoms with E-state index >= 15 is 0 Å². The first-order valence-electron chi connectivity index (χ1n) is 7.03. The number of benzene rings is 2. The zero-order valence-electron chi connectivity index (χ0n) is 11.5. The Bertz CT molecular complexity index is 903. The molecule has 0 spiro atoms. The summed E-state index contributed by atoms with van der Waals surface area (Å²) >= 11 is 0. The van der Waals surface area contributed by atoms with Crippen LogP contribution in [-0.4, -0.2) is 9.97 Å². The molecule has 102 valence electrons. The van der Waals surface area contributed by atoms with Gasteiger partial charge in [-0.15, -0.1) is 0 Å². The lowest BCUT2D eigenvalue weighted by atomic mass is 10.1. The van der Waals surface area contributed by atoms with Gasteiger partial charge in [0, 0.05) is 47.1 Å². The fourth-order valence-electron chi connectivity index (χ4n) is 2.74. The molecule has 0 radical (unpaired) electrons. The van der Waals surface area contributed by atoms with Crippen molar-refractivity contribution in [1.29, 1.82) is 0 Å². The van der Waals surface area contributed by atoms with Crippen LogP contribution in [0.4, 0.5) is 5.69 Å². The fraction of sp³-hybridized carbons (Fsp3) is 0.0556. The summed E-state index contributed by atoms with van der Waals surface area (Å²) in [5.74, 6) is 0. The van der Waals surface area contributed by atoms with E-state index in [4.69, 9.17) is 0 Å². The van der Waals surface area contributed by atoms with E-state index in [1.165, 1.54) is 21.9 Å². The van der Waals surface area contributed by atoms with Crippen molar-refractivity contribution in [2.24, 2.45) is 0 Å². The molecule has 2 N–H and O–H groups in total. The van der Waals surface area contributed by atoms with Gasteiger partial charge in [-0.1, -0.05) is 30.3 Å². The number of para-hydroxylation sites is 1. The molecule has 2 heterocycles. The van der Waals surface area contributed by atoms with Crippen LogP contribution in [-0.2, 0) is 6.54 Å². The van der Waals surface area contributed by atoms with E-state index in [0.717, 1.165) is 17.6 Å². The maximum absolute atomic E-state index is 4.22. The van der Waals surface area contributed by atoms with Gasteiger partial charge in [-0.2, -0.15) is 0 Å². The molecule has 21 heavy (non-hydrogen) atoms. The molecular weight excluding hydrogens is 258 g/mol. The zero-order valence-corrected chi connectivity index (χ0v) is 11.5. The number of aromatic nitrogens is 2. The van der Waals surface area contributed by atoms with Crippen LogP contribution < -0.4 is 5.32 Å². The zero-order chi connectivity index (χ0) is 14.1. The maximum atomic E-state index is 4.22. The minimum Gasteiger partial charge on any atom is -0.380 e. The second-order valence-corrected chi connectivity index (χ2v) is 5.12. The van der Waals surface area contributed by atoms with Crippen molar-refractivity contribution in [3.05, 3.63) is 72.7 Å². The Kier molecular flexibility index (Phi) is 2.82. The highest BCUT2D eigenvalue weighted by Crippen LogP contribution is 2.24. The number of aromatic amines is 1. The number of hydrogen-bond donors (Lipinski definition) is 2. The van der Waals surface area contributed by atoms with Crippen molar-refractivity contribution in [3.8, 4) is 0 Å². The second kappa shape index (κ2) is 4.94. The monoisotopic (exact) mass is 273 g/mol. The summed E-state index contributed by atoms with van der Waals surface area (Å²) < 4.78 is 0. The van der Waals surface area contributed by atoms with Crippen LogP contribution in [0.25, 0.3) is 21.7 Å². The number of H-pyrrole nitrogens is 1. The number of nitrogens with zero attached hydrogens (tertiary/aromatic N) is 1. The molecule has 4 rings (SSSR count). The summed E-state index contributed by atoms with van der Waals surface area (Å²) in [4.78, 5) is 7.53. The molecular formula is C18H15N3. The molecule has 0 amide bonds. The summed E-state index contributed by atoms with van der Waals surface area (Å²) in [7, 11) is 0. The van der Waals surface area contributed by atoms with Gasteiger partial charge in [-0.25, -0.2) is 0 Å². The third-order valence-corrected chi connectivity index (χ3v) is 3.83. The number of rotatable bonds is 3. The minimum atomic E-state index is 0.790. The smallest absolute Gasteiger partial charge is 0.0457 e. The highest BCUT2D eigenvalue weighted by molar-refractivity contribution is 5.93. The van der Waals surface area contributed by atoms with E-state index in [0.29, 0.717) is 0 Å². The van der Waals surface area contributed by atoms with Crippen LogP contribution in [0.3, 0.4) is 0 Å². The Balaban J connectivity index is 1.67. The van der Waals surface area contributed by atoms with Gasteiger partial charge in [-0.3, -0.25) is 4.98 Å². The fourth-order valence-corrected chi connectivity index (χ4v) is 2.74. The summed E-state index contributed by atoms with van der Waals surface area (Å²) in [6.07, 6.45) is 5.81. The van der Waals surface area contributed by atoms with Crippen LogP contribution in [0.15, 0.2) is 67.1 Å². The van der Waals surface area contributed by atoms with Crippen LogP contribution in [0.5, 0.6) is 0 Å². The SMILES string of the molecule is c1cc(NCc2c[nH]c3ccccc23)c2cnccc2c1.